The fourth-order valence-electron chi connectivity index (χ4n) is 9.15. The molecule has 0 saturated carbocycles. The zero-order valence-electron chi connectivity index (χ0n) is 51.4. The highest BCUT2D eigenvalue weighted by Crippen LogP contribution is 2.39. The number of unbranched alkanes of at least 4 members (excludes halogenated alkanes) is 9. The maximum atomic E-state index is 13.7. The SMILES string of the molecule is C=CC(=O)OCCCCCCOc1ccc(OC(=O)c2ccc(C(=O)Oc3ccc4c(c3)nc(Sc3ccc(OCCCCCCOC(=O)C=C)cc3)c3cc(OC(=O)c5ccc(C(=O)Oc6ccc(OCCCCCCOC(=O)C=C)cc6)cc5)ccc34)cc2)cc1. The molecular weight excluding hydrogens is 1210 g/mol. The molecule has 0 aliphatic rings. The number of hydrogen-bond acceptors (Lipinski definition) is 19. The van der Waals surface area contributed by atoms with Gasteiger partial charge < -0.3 is 47.4 Å². The Morgan fingerprint density at radius 2 is 0.624 bits per heavy atom. The zero-order valence-corrected chi connectivity index (χ0v) is 52.2. The monoisotopic (exact) mass is 1280 g/mol. The molecule has 0 N–H and O–H groups in total. The average molecular weight is 1280 g/mol. The molecule has 0 aliphatic carbocycles. The molecule has 1 heterocycles. The smallest absolute Gasteiger partial charge is 0.343 e. The molecular formula is C74H71NO17S. The van der Waals surface area contributed by atoms with Gasteiger partial charge in [0.05, 0.1) is 67.4 Å². The summed E-state index contributed by atoms with van der Waals surface area (Å²) in [4.78, 5) is 93.0. The fourth-order valence-corrected chi connectivity index (χ4v) is 10.1. The Hall–Kier alpha value is -10.5. The first-order valence-corrected chi connectivity index (χ1v) is 31.4. The Kier molecular flexibility index (Phi) is 26.7. The Labute approximate surface area is 543 Å². The molecule has 8 aromatic rings. The highest BCUT2D eigenvalue weighted by atomic mass is 32.2. The van der Waals surface area contributed by atoms with E-state index in [0.29, 0.717) is 84.3 Å². The normalized spacial score (nSPS) is 10.8. The number of rotatable bonds is 37. The maximum absolute atomic E-state index is 13.7. The minimum Gasteiger partial charge on any atom is -0.494 e. The van der Waals surface area contributed by atoms with E-state index in [1.807, 2.05) is 30.3 Å². The van der Waals surface area contributed by atoms with E-state index in [-0.39, 0.29) is 33.8 Å². The Balaban J connectivity index is 0.884. The lowest BCUT2D eigenvalue weighted by atomic mass is 10.1. The number of fused-ring (bicyclic) bond motifs is 3. The summed E-state index contributed by atoms with van der Waals surface area (Å²) < 4.78 is 55.7. The Morgan fingerprint density at radius 3 is 0.989 bits per heavy atom. The van der Waals surface area contributed by atoms with E-state index in [0.717, 1.165) is 111 Å². The van der Waals surface area contributed by atoms with Gasteiger partial charge in [-0.05, 0) is 234 Å². The van der Waals surface area contributed by atoms with Crippen LogP contribution in [0.15, 0.2) is 206 Å². The van der Waals surface area contributed by atoms with Gasteiger partial charge in [0.15, 0.2) is 0 Å². The second-order valence-electron chi connectivity index (χ2n) is 20.9. The summed E-state index contributed by atoms with van der Waals surface area (Å²) in [7, 11) is 0. The summed E-state index contributed by atoms with van der Waals surface area (Å²) in [6, 6.07) is 43.2. The van der Waals surface area contributed by atoms with Crippen molar-refractivity contribution in [1.29, 1.82) is 0 Å². The van der Waals surface area contributed by atoms with Crippen LogP contribution in [0, 0.1) is 0 Å². The molecule has 18 nitrogen and oxygen atoms in total. The summed E-state index contributed by atoms with van der Waals surface area (Å²) in [5.41, 5.74) is 1.33. The number of benzene rings is 7. The topological polar surface area (TPSA) is 225 Å². The van der Waals surface area contributed by atoms with Crippen LogP contribution in [0.4, 0.5) is 0 Å². The Bertz CT molecular complexity index is 3870. The van der Waals surface area contributed by atoms with Crippen LogP contribution < -0.4 is 33.2 Å². The lowest BCUT2D eigenvalue weighted by molar-refractivity contribution is -0.138. The summed E-state index contributed by atoms with van der Waals surface area (Å²) in [5.74, 6) is -0.826. The van der Waals surface area contributed by atoms with Gasteiger partial charge in [-0.2, -0.15) is 0 Å². The van der Waals surface area contributed by atoms with Crippen LogP contribution in [-0.2, 0) is 28.6 Å². The van der Waals surface area contributed by atoms with Crippen molar-refractivity contribution in [2.45, 2.75) is 87.0 Å². The number of pyridine rings is 1. The van der Waals surface area contributed by atoms with Gasteiger partial charge in [-0.1, -0.05) is 31.5 Å². The minimum atomic E-state index is -0.666. The zero-order chi connectivity index (χ0) is 65.6. The maximum Gasteiger partial charge on any atom is 0.343 e. The van der Waals surface area contributed by atoms with Crippen LogP contribution in [-0.4, -0.2) is 86.4 Å². The molecule has 8 rings (SSSR count). The third kappa shape index (κ3) is 22.1. The van der Waals surface area contributed by atoms with E-state index in [1.165, 1.54) is 60.3 Å². The van der Waals surface area contributed by atoms with Crippen molar-refractivity contribution < 1.29 is 80.9 Å². The number of esters is 7. The second-order valence-corrected chi connectivity index (χ2v) is 22.0. The summed E-state index contributed by atoms with van der Waals surface area (Å²) in [5, 5.41) is 2.73. The summed E-state index contributed by atoms with van der Waals surface area (Å²) in [6.07, 6.45) is 13.6. The number of nitrogens with zero attached hydrogens (tertiary/aromatic N) is 1. The second kappa shape index (κ2) is 36.4. The highest BCUT2D eigenvalue weighted by Gasteiger charge is 2.19. The number of carbonyl (C=O) groups is 7. The standard InChI is InChI=1S/C74H71NO17S/c1-4-67(76)86-46-16-10-7-13-43-83-55-27-31-58(32-28-55)89-71(79)51-19-23-53(24-20-51)73(81)91-60-37-41-63-64-42-38-61(50-66(64)75-70(65(63)49-60)93-62-39-35-57(36-40-62)85-45-15-9-12-18-48-88-69(78)6-3)92-74(82)54-25-21-52(22-26-54)72(80)90-59-33-29-56(30-34-59)84-44-14-8-11-17-47-87-68(77)5-2/h4-6,19-42,49-50H,1-3,7-18,43-48H2. The van der Waals surface area contributed by atoms with Gasteiger partial charge in [-0.15, -0.1) is 0 Å². The van der Waals surface area contributed by atoms with Crippen molar-refractivity contribution in [3.05, 3.63) is 218 Å². The van der Waals surface area contributed by atoms with Crippen LogP contribution in [0.2, 0.25) is 0 Å². The molecule has 19 heteroatoms. The number of aromatic nitrogens is 1. The van der Waals surface area contributed by atoms with Gasteiger partial charge in [0.1, 0.15) is 45.3 Å². The molecule has 0 spiro atoms. The average Bonchev–Trinajstić information content (AvgIpc) is 0.830. The van der Waals surface area contributed by atoms with Crippen LogP contribution in [0.3, 0.4) is 0 Å². The molecule has 7 aromatic carbocycles. The molecule has 1 aromatic heterocycles. The largest absolute Gasteiger partial charge is 0.494 e. The molecule has 93 heavy (non-hydrogen) atoms. The van der Waals surface area contributed by atoms with Gasteiger partial charge in [-0.3, -0.25) is 0 Å². The van der Waals surface area contributed by atoms with Crippen molar-refractivity contribution in [3.8, 4) is 40.2 Å². The van der Waals surface area contributed by atoms with Gasteiger partial charge in [0.2, 0.25) is 0 Å². The van der Waals surface area contributed by atoms with E-state index < -0.39 is 41.8 Å². The summed E-state index contributed by atoms with van der Waals surface area (Å²) >= 11 is 1.37. The predicted octanol–water partition coefficient (Wildman–Crippen LogP) is 15.4. The van der Waals surface area contributed by atoms with E-state index in [4.69, 9.17) is 52.4 Å². The molecule has 0 unspecified atom stereocenters. The van der Waals surface area contributed by atoms with Crippen LogP contribution >= 0.6 is 11.8 Å². The highest BCUT2D eigenvalue weighted by molar-refractivity contribution is 7.99. The number of hydrogen-bond donors (Lipinski definition) is 0. The lowest BCUT2D eigenvalue weighted by Crippen LogP contribution is -2.11. The van der Waals surface area contributed by atoms with Gasteiger partial charge in [0, 0.05) is 40.0 Å². The van der Waals surface area contributed by atoms with E-state index >= 15 is 0 Å². The first kappa shape index (κ1) is 68.4. The van der Waals surface area contributed by atoms with E-state index in [9.17, 15) is 33.6 Å². The fraction of sp³-hybridized carbons (Fsp3) is 0.243. The molecule has 480 valence electrons. The molecule has 0 fully saturated rings. The van der Waals surface area contributed by atoms with Crippen LogP contribution in [0.5, 0.6) is 40.2 Å². The van der Waals surface area contributed by atoms with Crippen molar-refractivity contribution in [2.24, 2.45) is 0 Å². The van der Waals surface area contributed by atoms with E-state index in [1.54, 1.807) is 78.9 Å². The van der Waals surface area contributed by atoms with Crippen molar-refractivity contribution >= 4 is 75.2 Å². The molecule has 0 aliphatic heterocycles. The molecule has 0 amide bonds. The van der Waals surface area contributed by atoms with Crippen molar-refractivity contribution in [1.82, 2.24) is 4.98 Å². The summed E-state index contributed by atoms with van der Waals surface area (Å²) in [6.45, 7) is 12.8. The third-order valence-corrected chi connectivity index (χ3v) is 15.1. The first-order valence-electron chi connectivity index (χ1n) is 30.5. The van der Waals surface area contributed by atoms with Crippen molar-refractivity contribution in [3.63, 3.8) is 0 Å². The molecule has 0 atom stereocenters. The van der Waals surface area contributed by atoms with Gasteiger partial charge >= 0.3 is 41.8 Å². The van der Waals surface area contributed by atoms with Gasteiger partial charge in [0.25, 0.3) is 0 Å². The van der Waals surface area contributed by atoms with Crippen LogP contribution in [0.25, 0.3) is 21.7 Å². The van der Waals surface area contributed by atoms with Crippen molar-refractivity contribution in [2.75, 3.05) is 39.6 Å². The first-order chi connectivity index (χ1) is 45.3. The number of ether oxygens (including phenoxy) is 10. The quantitative estimate of drug-likeness (QED) is 0.00881. The third-order valence-electron chi connectivity index (χ3n) is 14.1. The molecule has 0 saturated heterocycles. The van der Waals surface area contributed by atoms with E-state index in [2.05, 4.69) is 19.7 Å². The molecule has 0 bridgehead atoms. The Morgan fingerprint density at radius 1 is 0.323 bits per heavy atom. The van der Waals surface area contributed by atoms with Crippen LogP contribution in [0.1, 0.15) is 118 Å². The minimum absolute atomic E-state index is 0.191. The predicted molar refractivity (Wildman–Crippen MR) is 351 cm³/mol. The number of carbonyl (C=O) groups excluding carboxylic acids is 7. The van der Waals surface area contributed by atoms with Gasteiger partial charge in [-0.25, -0.2) is 38.5 Å². The lowest BCUT2D eigenvalue weighted by Gasteiger charge is -2.13. The molecule has 0 radical (unpaired) electrons.